The van der Waals surface area contributed by atoms with E-state index in [1.54, 1.807) is 0 Å². The Morgan fingerprint density at radius 1 is 1.47 bits per heavy atom. The molecule has 0 aromatic heterocycles. The molecule has 0 radical (unpaired) electrons. The summed E-state index contributed by atoms with van der Waals surface area (Å²) in [5.41, 5.74) is -0.664. The zero-order chi connectivity index (χ0) is 10.9. The van der Waals surface area contributed by atoms with Crippen LogP contribution in [0.15, 0.2) is 0 Å². The van der Waals surface area contributed by atoms with Crippen molar-refractivity contribution >= 4 is 5.91 Å². The van der Waals surface area contributed by atoms with E-state index >= 15 is 0 Å². The van der Waals surface area contributed by atoms with Crippen LogP contribution in [0.2, 0.25) is 0 Å². The van der Waals surface area contributed by atoms with Gasteiger partial charge in [-0.3, -0.25) is 4.79 Å². The van der Waals surface area contributed by atoms with Gasteiger partial charge in [-0.05, 0) is 39.3 Å². The molecule has 2 N–H and O–H groups in total. The second-order valence-corrected chi connectivity index (χ2v) is 5.03. The van der Waals surface area contributed by atoms with E-state index in [4.69, 9.17) is 0 Å². The minimum Gasteiger partial charge on any atom is -0.388 e. The van der Waals surface area contributed by atoms with E-state index in [1.807, 2.05) is 11.8 Å². The molecule has 1 amide bonds. The molecule has 2 aliphatic heterocycles. The SMILES string of the molecule is CC1(O)CCN(C(=O)C2CCNCC2)C1. The normalized spacial score (nSPS) is 33.3. The highest BCUT2D eigenvalue weighted by atomic mass is 16.3. The molecule has 0 aromatic rings. The minimum atomic E-state index is -0.664. The van der Waals surface area contributed by atoms with E-state index in [0.717, 1.165) is 32.5 Å². The van der Waals surface area contributed by atoms with Gasteiger partial charge in [-0.1, -0.05) is 0 Å². The van der Waals surface area contributed by atoms with Gasteiger partial charge in [0.25, 0.3) is 0 Å². The summed E-state index contributed by atoms with van der Waals surface area (Å²) in [5, 5.41) is 13.1. The van der Waals surface area contributed by atoms with Crippen molar-refractivity contribution in [3.8, 4) is 0 Å². The van der Waals surface area contributed by atoms with Crippen molar-refractivity contribution in [2.75, 3.05) is 26.2 Å². The number of hydrogen-bond acceptors (Lipinski definition) is 3. The molecular weight excluding hydrogens is 192 g/mol. The second kappa shape index (κ2) is 4.10. The lowest BCUT2D eigenvalue weighted by Crippen LogP contribution is -2.41. The van der Waals surface area contributed by atoms with Gasteiger partial charge in [0.15, 0.2) is 0 Å². The summed E-state index contributed by atoms with van der Waals surface area (Å²) in [6.07, 6.45) is 2.60. The predicted octanol–water partition coefficient (Wildman–Crippen LogP) is -0.0307. The van der Waals surface area contributed by atoms with Gasteiger partial charge in [0, 0.05) is 19.0 Å². The maximum atomic E-state index is 12.1. The van der Waals surface area contributed by atoms with Crippen LogP contribution in [0.1, 0.15) is 26.2 Å². The first kappa shape index (κ1) is 10.9. The summed E-state index contributed by atoms with van der Waals surface area (Å²) in [6, 6.07) is 0. The summed E-state index contributed by atoms with van der Waals surface area (Å²) < 4.78 is 0. The monoisotopic (exact) mass is 212 g/mol. The molecule has 2 saturated heterocycles. The van der Waals surface area contributed by atoms with Crippen LogP contribution in [0.3, 0.4) is 0 Å². The Hall–Kier alpha value is -0.610. The Labute approximate surface area is 90.6 Å². The van der Waals surface area contributed by atoms with Gasteiger partial charge in [-0.25, -0.2) is 0 Å². The van der Waals surface area contributed by atoms with Gasteiger partial charge in [0.05, 0.1) is 5.60 Å². The van der Waals surface area contributed by atoms with E-state index in [9.17, 15) is 9.90 Å². The number of nitrogens with zero attached hydrogens (tertiary/aromatic N) is 1. The summed E-state index contributed by atoms with van der Waals surface area (Å²) in [6.45, 7) is 4.93. The number of likely N-dealkylation sites (tertiary alicyclic amines) is 1. The Balaban J connectivity index is 1.90. The van der Waals surface area contributed by atoms with Crippen LogP contribution in [0.25, 0.3) is 0 Å². The number of β-amino-alcohol motifs (C(OH)–C–C–N with tert-alkyl or cyclic N) is 1. The molecule has 1 unspecified atom stereocenters. The highest BCUT2D eigenvalue weighted by molar-refractivity contribution is 5.79. The van der Waals surface area contributed by atoms with E-state index in [2.05, 4.69) is 5.32 Å². The maximum absolute atomic E-state index is 12.1. The number of carbonyl (C=O) groups is 1. The number of carbonyl (C=O) groups excluding carboxylic acids is 1. The second-order valence-electron chi connectivity index (χ2n) is 5.03. The third kappa shape index (κ3) is 2.49. The van der Waals surface area contributed by atoms with E-state index in [1.165, 1.54) is 0 Å². The zero-order valence-corrected chi connectivity index (χ0v) is 9.33. The number of hydrogen-bond donors (Lipinski definition) is 2. The van der Waals surface area contributed by atoms with Crippen molar-refractivity contribution in [1.29, 1.82) is 0 Å². The third-order valence-electron chi connectivity index (χ3n) is 3.45. The van der Waals surface area contributed by atoms with Crippen LogP contribution in [-0.4, -0.2) is 47.7 Å². The zero-order valence-electron chi connectivity index (χ0n) is 9.33. The quantitative estimate of drug-likeness (QED) is 0.642. The summed E-state index contributed by atoms with van der Waals surface area (Å²) in [4.78, 5) is 13.9. The fraction of sp³-hybridized carbons (Fsp3) is 0.909. The average Bonchev–Trinajstić information content (AvgIpc) is 2.59. The molecule has 86 valence electrons. The summed E-state index contributed by atoms with van der Waals surface area (Å²) in [5.74, 6) is 0.425. The Bertz CT molecular complexity index is 247. The molecule has 15 heavy (non-hydrogen) atoms. The van der Waals surface area contributed by atoms with Crippen molar-refractivity contribution in [3.05, 3.63) is 0 Å². The Kier molecular flexibility index (Phi) is 2.98. The number of nitrogens with one attached hydrogen (secondary N) is 1. The lowest BCUT2D eigenvalue weighted by Gasteiger charge is -2.27. The Morgan fingerprint density at radius 2 is 2.13 bits per heavy atom. The first-order chi connectivity index (χ1) is 7.08. The minimum absolute atomic E-state index is 0.181. The fourth-order valence-corrected chi connectivity index (χ4v) is 2.46. The van der Waals surface area contributed by atoms with Gasteiger partial charge >= 0.3 is 0 Å². The largest absolute Gasteiger partial charge is 0.388 e. The topological polar surface area (TPSA) is 52.6 Å². The highest BCUT2D eigenvalue weighted by Gasteiger charge is 2.36. The van der Waals surface area contributed by atoms with Gasteiger partial charge in [0.2, 0.25) is 5.91 Å². The average molecular weight is 212 g/mol. The van der Waals surface area contributed by atoms with Gasteiger partial charge in [0.1, 0.15) is 0 Å². The first-order valence-electron chi connectivity index (χ1n) is 5.80. The number of piperidine rings is 1. The van der Waals surface area contributed by atoms with Gasteiger partial charge in [-0.15, -0.1) is 0 Å². The van der Waals surface area contributed by atoms with Crippen molar-refractivity contribution < 1.29 is 9.90 Å². The first-order valence-corrected chi connectivity index (χ1v) is 5.80. The predicted molar refractivity (Wildman–Crippen MR) is 57.4 cm³/mol. The smallest absolute Gasteiger partial charge is 0.225 e. The van der Waals surface area contributed by atoms with Crippen LogP contribution in [0, 0.1) is 5.92 Å². The molecule has 1 atom stereocenters. The van der Waals surface area contributed by atoms with Crippen LogP contribution >= 0.6 is 0 Å². The van der Waals surface area contributed by atoms with Gasteiger partial charge < -0.3 is 15.3 Å². The molecule has 0 spiro atoms. The molecule has 4 heteroatoms. The molecule has 0 aliphatic carbocycles. The van der Waals surface area contributed by atoms with Crippen molar-refractivity contribution in [2.45, 2.75) is 31.8 Å². The van der Waals surface area contributed by atoms with Crippen molar-refractivity contribution in [1.82, 2.24) is 10.2 Å². The van der Waals surface area contributed by atoms with E-state index in [-0.39, 0.29) is 11.8 Å². The fourth-order valence-electron chi connectivity index (χ4n) is 2.46. The highest BCUT2D eigenvalue weighted by Crippen LogP contribution is 2.24. The number of aliphatic hydroxyl groups is 1. The molecule has 0 bridgehead atoms. The summed E-state index contributed by atoms with van der Waals surface area (Å²) in [7, 11) is 0. The molecular formula is C11H20N2O2. The lowest BCUT2D eigenvalue weighted by molar-refractivity contribution is -0.136. The number of amides is 1. The summed E-state index contributed by atoms with van der Waals surface area (Å²) >= 11 is 0. The molecule has 2 heterocycles. The van der Waals surface area contributed by atoms with Crippen molar-refractivity contribution in [3.63, 3.8) is 0 Å². The standard InChI is InChI=1S/C11H20N2O2/c1-11(15)4-7-13(8-11)10(14)9-2-5-12-6-3-9/h9,12,15H,2-8H2,1H3. The third-order valence-corrected chi connectivity index (χ3v) is 3.45. The molecule has 2 fully saturated rings. The van der Waals surface area contributed by atoms with Crippen LogP contribution in [0.4, 0.5) is 0 Å². The van der Waals surface area contributed by atoms with Crippen LogP contribution in [-0.2, 0) is 4.79 Å². The van der Waals surface area contributed by atoms with Crippen LogP contribution in [0.5, 0.6) is 0 Å². The molecule has 2 rings (SSSR count). The molecule has 0 saturated carbocycles. The van der Waals surface area contributed by atoms with E-state index < -0.39 is 5.60 Å². The van der Waals surface area contributed by atoms with Crippen LogP contribution < -0.4 is 5.32 Å². The number of rotatable bonds is 1. The molecule has 4 nitrogen and oxygen atoms in total. The molecule has 2 aliphatic rings. The Morgan fingerprint density at radius 3 is 2.67 bits per heavy atom. The maximum Gasteiger partial charge on any atom is 0.225 e. The lowest BCUT2D eigenvalue weighted by atomic mass is 9.96. The molecule has 0 aromatic carbocycles. The van der Waals surface area contributed by atoms with E-state index in [0.29, 0.717) is 13.0 Å². The van der Waals surface area contributed by atoms with Crippen molar-refractivity contribution in [2.24, 2.45) is 5.92 Å². The van der Waals surface area contributed by atoms with Gasteiger partial charge in [-0.2, -0.15) is 0 Å².